The zero-order valence-electron chi connectivity index (χ0n) is 8.90. The molecule has 0 aliphatic carbocycles. The molecule has 5 nitrogen and oxygen atoms in total. The smallest absolute Gasteiger partial charge is 0.181 e. The minimum Gasteiger partial charge on any atom is -0.442 e. The number of oxazole rings is 1. The van der Waals surface area contributed by atoms with Crippen LogP contribution in [-0.2, 0) is 13.6 Å². The predicted octanol–water partition coefficient (Wildman–Crippen LogP) is 1.18. The molecule has 0 spiro atoms. The van der Waals surface area contributed by atoms with E-state index in [1.54, 1.807) is 12.5 Å². The second-order valence-corrected chi connectivity index (χ2v) is 3.30. The Morgan fingerprint density at radius 2 is 2.40 bits per heavy atom. The zero-order chi connectivity index (χ0) is 10.7. The first-order valence-corrected chi connectivity index (χ1v) is 4.92. The topological polar surface area (TPSA) is 55.9 Å². The average molecular weight is 206 g/mol. The molecule has 15 heavy (non-hydrogen) atoms. The van der Waals surface area contributed by atoms with Crippen molar-refractivity contribution in [1.82, 2.24) is 19.9 Å². The lowest BCUT2D eigenvalue weighted by Crippen LogP contribution is -2.12. The standard InChI is InChI=1S/C10H14N4O/c1-3-11-4-8-10(15-7-13-8)9-5-12-6-14(9)2/h5-7,11H,3-4H2,1-2H3. The van der Waals surface area contributed by atoms with Crippen molar-refractivity contribution in [1.29, 1.82) is 0 Å². The molecule has 0 fully saturated rings. The number of rotatable bonds is 4. The van der Waals surface area contributed by atoms with Gasteiger partial charge in [-0.2, -0.15) is 0 Å². The van der Waals surface area contributed by atoms with Gasteiger partial charge in [0.2, 0.25) is 0 Å². The Kier molecular flexibility index (Phi) is 2.82. The fourth-order valence-electron chi connectivity index (χ4n) is 1.42. The van der Waals surface area contributed by atoms with Crippen molar-refractivity contribution in [3.8, 4) is 11.5 Å². The van der Waals surface area contributed by atoms with Crippen molar-refractivity contribution in [3.05, 3.63) is 24.6 Å². The molecule has 0 aliphatic heterocycles. The molecule has 0 aromatic carbocycles. The highest BCUT2D eigenvalue weighted by molar-refractivity contribution is 5.54. The van der Waals surface area contributed by atoms with Gasteiger partial charge in [0.1, 0.15) is 11.4 Å². The van der Waals surface area contributed by atoms with Gasteiger partial charge < -0.3 is 14.3 Å². The first-order valence-electron chi connectivity index (χ1n) is 4.92. The van der Waals surface area contributed by atoms with Gasteiger partial charge in [0.25, 0.3) is 0 Å². The van der Waals surface area contributed by atoms with Crippen molar-refractivity contribution in [2.24, 2.45) is 7.05 Å². The van der Waals surface area contributed by atoms with Crippen LogP contribution in [0.3, 0.4) is 0 Å². The van der Waals surface area contributed by atoms with Crippen LogP contribution in [0.5, 0.6) is 0 Å². The van der Waals surface area contributed by atoms with Gasteiger partial charge >= 0.3 is 0 Å². The van der Waals surface area contributed by atoms with Crippen molar-refractivity contribution < 1.29 is 4.42 Å². The minimum absolute atomic E-state index is 0.716. The summed E-state index contributed by atoms with van der Waals surface area (Å²) in [6, 6.07) is 0. The Morgan fingerprint density at radius 3 is 3.07 bits per heavy atom. The van der Waals surface area contributed by atoms with Crippen LogP contribution in [0.1, 0.15) is 12.6 Å². The molecule has 80 valence electrons. The number of nitrogens with zero attached hydrogens (tertiary/aromatic N) is 3. The fraction of sp³-hybridized carbons (Fsp3) is 0.400. The first-order chi connectivity index (χ1) is 7.33. The Hall–Kier alpha value is -1.62. The molecule has 2 heterocycles. The maximum atomic E-state index is 5.37. The highest BCUT2D eigenvalue weighted by Crippen LogP contribution is 2.21. The van der Waals surface area contributed by atoms with Crippen molar-refractivity contribution in [3.63, 3.8) is 0 Å². The maximum absolute atomic E-state index is 5.37. The summed E-state index contributed by atoms with van der Waals surface area (Å²) in [5.41, 5.74) is 1.86. The van der Waals surface area contributed by atoms with Crippen molar-refractivity contribution in [2.75, 3.05) is 6.54 Å². The van der Waals surface area contributed by atoms with Crippen LogP contribution < -0.4 is 5.32 Å². The Balaban J connectivity index is 2.29. The molecule has 0 radical (unpaired) electrons. The van der Waals surface area contributed by atoms with E-state index in [-0.39, 0.29) is 0 Å². The van der Waals surface area contributed by atoms with E-state index in [0.717, 1.165) is 23.7 Å². The van der Waals surface area contributed by atoms with Crippen LogP contribution in [0, 0.1) is 0 Å². The average Bonchev–Trinajstić information content (AvgIpc) is 2.82. The van der Waals surface area contributed by atoms with Gasteiger partial charge in [-0.1, -0.05) is 6.92 Å². The summed E-state index contributed by atoms with van der Waals surface area (Å²) in [6.07, 6.45) is 4.99. The molecule has 0 saturated carbocycles. The van der Waals surface area contributed by atoms with Gasteiger partial charge in [-0.3, -0.25) is 0 Å². The molecule has 5 heteroatoms. The minimum atomic E-state index is 0.716. The number of hydrogen-bond donors (Lipinski definition) is 1. The molecule has 2 rings (SSSR count). The van der Waals surface area contributed by atoms with Crippen LogP contribution >= 0.6 is 0 Å². The maximum Gasteiger partial charge on any atom is 0.181 e. The number of aryl methyl sites for hydroxylation is 1. The Bertz CT molecular complexity index is 432. The van der Waals surface area contributed by atoms with Gasteiger partial charge in [0.15, 0.2) is 12.2 Å². The lowest BCUT2D eigenvalue weighted by atomic mass is 10.2. The lowest BCUT2D eigenvalue weighted by molar-refractivity contribution is 0.564. The molecular weight excluding hydrogens is 192 g/mol. The second-order valence-electron chi connectivity index (χ2n) is 3.30. The summed E-state index contributed by atoms with van der Waals surface area (Å²) >= 11 is 0. The van der Waals surface area contributed by atoms with Crippen LogP contribution in [0.25, 0.3) is 11.5 Å². The predicted molar refractivity (Wildman–Crippen MR) is 56.1 cm³/mol. The van der Waals surface area contributed by atoms with Crippen LogP contribution in [-0.4, -0.2) is 21.1 Å². The van der Waals surface area contributed by atoms with E-state index in [0.29, 0.717) is 6.54 Å². The molecular formula is C10H14N4O. The van der Waals surface area contributed by atoms with E-state index < -0.39 is 0 Å². The highest BCUT2D eigenvalue weighted by atomic mass is 16.3. The summed E-state index contributed by atoms with van der Waals surface area (Å²) in [5, 5.41) is 3.22. The third-order valence-corrected chi connectivity index (χ3v) is 2.23. The molecule has 0 atom stereocenters. The SMILES string of the molecule is CCNCc1ncoc1-c1cncn1C. The summed E-state index contributed by atoms with van der Waals surface area (Å²) in [5.74, 6) is 0.788. The van der Waals surface area contributed by atoms with Crippen molar-refractivity contribution >= 4 is 0 Å². The molecule has 0 saturated heterocycles. The quantitative estimate of drug-likeness (QED) is 0.816. The molecule has 1 N–H and O–H groups in total. The summed E-state index contributed by atoms with van der Waals surface area (Å²) < 4.78 is 7.29. The molecule has 0 unspecified atom stereocenters. The second kappa shape index (κ2) is 4.27. The van der Waals surface area contributed by atoms with Crippen LogP contribution in [0.2, 0.25) is 0 Å². The number of hydrogen-bond acceptors (Lipinski definition) is 4. The zero-order valence-corrected chi connectivity index (χ0v) is 8.90. The monoisotopic (exact) mass is 206 g/mol. The third kappa shape index (κ3) is 1.92. The van der Waals surface area contributed by atoms with E-state index in [1.165, 1.54) is 6.39 Å². The van der Waals surface area contributed by atoms with Gasteiger partial charge in [-0.05, 0) is 6.54 Å². The van der Waals surface area contributed by atoms with Crippen molar-refractivity contribution in [2.45, 2.75) is 13.5 Å². The first kappa shape index (κ1) is 9.92. The molecule has 0 bridgehead atoms. The van der Waals surface area contributed by atoms with E-state index in [1.807, 2.05) is 11.6 Å². The molecule has 2 aromatic rings. The number of imidazole rings is 1. The van der Waals surface area contributed by atoms with Gasteiger partial charge in [-0.15, -0.1) is 0 Å². The lowest BCUT2D eigenvalue weighted by Gasteiger charge is -2.01. The molecule has 2 aromatic heterocycles. The van der Waals surface area contributed by atoms with E-state index in [9.17, 15) is 0 Å². The largest absolute Gasteiger partial charge is 0.442 e. The van der Waals surface area contributed by atoms with E-state index in [2.05, 4.69) is 22.2 Å². The summed E-state index contributed by atoms with van der Waals surface area (Å²) in [6.45, 7) is 3.69. The van der Waals surface area contributed by atoms with E-state index in [4.69, 9.17) is 4.42 Å². The fourth-order valence-corrected chi connectivity index (χ4v) is 1.42. The van der Waals surface area contributed by atoms with Gasteiger partial charge in [-0.25, -0.2) is 9.97 Å². The molecule has 0 aliphatic rings. The molecule has 0 amide bonds. The normalized spacial score (nSPS) is 10.8. The Morgan fingerprint density at radius 1 is 1.53 bits per heavy atom. The van der Waals surface area contributed by atoms with Crippen LogP contribution in [0.15, 0.2) is 23.3 Å². The number of aromatic nitrogens is 3. The summed E-state index contributed by atoms with van der Waals surface area (Å²) in [4.78, 5) is 8.23. The highest BCUT2D eigenvalue weighted by Gasteiger charge is 2.12. The third-order valence-electron chi connectivity index (χ3n) is 2.23. The van der Waals surface area contributed by atoms with E-state index >= 15 is 0 Å². The van der Waals surface area contributed by atoms with Gasteiger partial charge in [0.05, 0.1) is 12.5 Å². The van der Waals surface area contributed by atoms with Gasteiger partial charge in [0, 0.05) is 13.6 Å². The Labute approximate surface area is 88.2 Å². The number of nitrogens with one attached hydrogen (secondary N) is 1. The summed E-state index contributed by atoms with van der Waals surface area (Å²) in [7, 11) is 1.93. The van der Waals surface area contributed by atoms with Crippen LogP contribution in [0.4, 0.5) is 0 Å².